The predicted molar refractivity (Wildman–Crippen MR) is 43.6 cm³/mol. The van der Waals surface area contributed by atoms with Crippen molar-refractivity contribution in [3.05, 3.63) is 11.1 Å². The molecule has 0 aliphatic rings. The van der Waals surface area contributed by atoms with E-state index in [1.807, 2.05) is 0 Å². The minimum absolute atomic E-state index is 0.0932. The predicted octanol–water partition coefficient (Wildman–Crippen LogP) is 1.99. The maximum atomic E-state index is 12.5. The second-order valence-corrected chi connectivity index (χ2v) is 3.41. The summed E-state index contributed by atoms with van der Waals surface area (Å²) in [6, 6.07) is 0. The minimum atomic E-state index is -3.35. The van der Waals surface area contributed by atoms with Crippen LogP contribution in [0, 0.1) is 0 Å². The van der Waals surface area contributed by atoms with Gasteiger partial charge >= 0.3 is 5.92 Å². The fraction of sp³-hybridized carbons (Fsp3) is 0.429. The molecule has 0 aliphatic heterocycles. The second kappa shape index (κ2) is 3.37. The Morgan fingerprint density at radius 3 is 2.69 bits per heavy atom. The van der Waals surface area contributed by atoms with Gasteiger partial charge in [0.15, 0.2) is 0 Å². The van der Waals surface area contributed by atoms with E-state index in [4.69, 9.17) is 0 Å². The van der Waals surface area contributed by atoms with Gasteiger partial charge < -0.3 is 4.74 Å². The molecule has 3 nitrogen and oxygen atoms in total. The van der Waals surface area contributed by atoms with E-state index in [1.165, 1.54) is 7.11 Å². The molecule has 0 spiro atoms. The first-order valence-corrected chi connectivity index (χ1v) is 4.19. The molecule has 6 heteroatoms. The minimum Gasteiger partial charge on any atom is -0.473 e. The molecule has 0 aliphatic carbocycles. The van der Waals surface area contributed by atoms with E-state index in [1.54, 1.807) is 0 Å². The molecule has 0 N–H and O–H groups in total. The fourth-order valence-corrected chi connectivity index (χ4v) is 1.43. The van der Waals surface area contributed by atoms with E-state index in [-0.39, 0.29) is 10.1 Å². The molecule has 0 amide bonds. The summed E-state index contributed by atoms with van der Waals surface area (Å²) in [6.45, 7) is 0.557. The Labute approximate surface area is 77.4 Å². The van der Waals surface area contributed by atoms with Crippen molar-refractivity contribution in [2.45, 2.75) is 12.8 Å². The third-order valence-corrected chi connectivity index (χ3v) is 2.24. The van der Waals surface area contributed by atoms with Gasteiger partial charge in [0.2, 0.25) is 5.78 Å². The summed E-state index contributed by atoms with van der Waals surface area (Å²) in [5, 5.41) is 0.201. The Morgan fingerprint density at radius 1 is 1.69 bits per heavy atom. The van der Waals surface area contributed by atoms with Crippen molar-refractivity contribution in [3.8, 4) is 5.19 Å². The van der Waals surface area contributed by atoms with Gasteiger partial charge in [-0.25, -0.2) is 4.98 Å². The molecule has 0 saturated carbocycles. The van der Waals surface area contributed by atoms with Crippen LogP contribution < -0.4 is 4.74 Å². The standard InChI is InChI=1S/C7H7F2NO2S/c1-7(8,9)5(11)4-3-10-6(12-2)13-4/h3H,1-2H3. The van der Waals surface area contributed by atoms with Gasteiger partial charge in [-0.2, -0.15) is 8.78 Å². The molecule has 0 aromatic carbocycles. The lowest BCUT2D eigenvalue weighted by Gasteiger charge is -2.04. The van der Waals surface area contributed by atoms with Crippen molar-refractivity contribution < 1.29 is 18.3 Å². The van der Waals surface area contributed by atoms with E-state index in [0.29, 0.717) is 6.92 Å². The van der Waals surface area contributed by atoms with Gasteiger partial charge in [0.25, 0.3) is 5.19 Å². The molecule has 0 saturated heterocycles. The number of carbonyl (C=O) groups excluding carboxylic acids is 1. The number of hydrogen-bond acceptors (Lipinski definition) is 4. The topological polar surface area (TPSA) is 39.2 Å². The molecule has 0 bridgehead atoms. The van der Waals surface area contributed by atoms with Gasteiger partial charge in [0.05, 0.1) is 13.3 Å². The third kappa shape index (κ3) is 2.21. The highest BCUT2D eigenvalue weighted by Gasteiger charge is 2.34. The average molecular weight is 207 g/mol. The lowest BCUT2D eigenvalue weighted by atomic mass is 10.2. The van der Waals surface area contributed by atoms with Crippen LogP contribution in [0.3, 0.4) is 0 Å². The van der Waals surface area contributed by atoms with Gasteiger partial charge in [-0.1, -0.05) is 11.3 Å². The van der Waals surface area contributed by atoms with Gasteiger partial charge in [-0.05, 0) is 0 Å². The zero-order valence-corrected chi connectivity index (χ0v) is 7.82. The number of alkyl halides is 2. The summed E-state index contributed by atoms with van der Waals surface area (Å²) in [5.41, 5.74) is 0. The molecule has 1 rings (SSSR count). The largest absolute Gasteiger partial charge is 0.473 e. The summed E-state index contributed by atoms with van der Waals surface area (Å²) >= 11 is 0.805. The first-order chi connectivity index (χ1) is 5.95. The summed E-state index contributed by atoms with van der Waals surface area (Å²) in [5.74, 6) is -4.58. The van der Waals surface area contributed by atoms with E-state index in [0.717, 1.165) is 17.5 Å². The Kier molecular flexibility index (Phi) is 2.60. The molecule has 1 heterocycles. The highest BCUT2D eigenvalue weighted by Crippen LogP contribution is 2.26. The van der Waals surface area contributed by atoms with Crippen molar-refractivity contribution in [2.24, 2.45) is 0 Å². The van der Waals surface area contributed by atoms with E-state index < -0.39 is 11.7 Å². The molecule has 0 unspecified atom stereocenters. The third-order valence-electron chi connectivity index (χ3n) is 1.28. The lowest BCUT2D eigenvalue weighted by Crippen LogP contribution is -2.23. The van der Waals surface area contributed by atoms with Crippen molar-refractivity contribution in [1.29, 1.82) is 0 Å². The second-order valence-electron chi connectivity index (χ2n) is 2.41. The molecule has 0 atom stereocenters. The highest BCUT2D eigenvalue weighted by molar-refractivity contribution is 7.15. The van der Waals surface area contributed by atoms with E-state index >= 15 is 0 Å². The van der Waals surface area contributed by atoms with Crippen LogP contribution in [0.1, 0.15) is 16.6 Å². The SMILES string of the molecule is COc1ncc(C(=O)C(C)(F)F)s1. The van der Waals surface area contributed by atoms with Crippen molar-refractivity contribution >= 4 is 17.1 Å². The average Bonchev–Trinajstić information content (AvgIpc) is 2.48. The number of carbonyl (C=O) groups is 1. The normalized spacial score (nSPS) is 11.4. The van der Waals surface area contributed by atoms with Crippen molar-refractivity contribution in [3.63, 3.8) is 0 Å². The molecule has 1 aromatic heterocycles. The summed E-state index contributed by atoms with van der Waals surface area (Å²) in [7, 11) is 1.36. The van der Waals surface area contributed by atoms with Crippen molar-refractivity contribution in [1.82, 2.24) is 4.98 Å². The fourth-order valence-electron chi connectivity index (χ4n) is 0.674. The maximum Gasteiger partial charge on any atom is 0.307 e. The Hall–Kier alpha value is -1.04. The Bertz CT molecular complexity index is 319. The number of ether oxygens (including phenoxy) is 1. The van der Waals surface area contributed by atoms with E-state index in [2.05, 4.69) is 9.72 Å². The zero-order valence-electron chi connectivity index (χ0n) is 7.01. The highest BCUT2D eigenvalue weighted by atomic mass is 32.1. The molecule has 72 valence electrons. The number of ketones is 1. The molecular weight excluding hydrogens is 200 g/mol. The first kappa shape index (κ1) is 10.0. The number of hydrogen-bond donors (Lipinski definition) is 0. The number of aromatic nitrogens is 1. The van der Waals surface area contributed by atoms with Crippen LogP contribution in [0.25, 0.3) is 0 Å². The van der Waals surface area contributed by atoms with Crippen LogP contribution in [0.4, 0.5) is 8.78 Å². The van der Waals surface area contributed by atoms with Crippen LogP contribution >= 0.6 is 11.3 Å². The monoisotopic (exact) mass is 207 g/mol. The van der Waals surface area contributed by atoms with Gasteiger partial charge in [0, 0.05) is 6.92 Å². The maximum absolute atomic E-state index is 12.5. The van der Waals surface area contributed by atoms with Gasteiger partial charge in [0.1, 0.15) is 4.88 Å². The summed E-state index contributed by atoms with van der Waals surface area (Å²) in [4.78, 5) is 14.5. The zero-order chi connectivity index (χ0) is 10.1. The number of halogens is 2. The smallest absolute Gasteiger partial charge is 0.307 e. The molecule has 1 aromatic rings. The van der Waals surface area contributed by atoms with Crippen molar-refractivity contribution in [2.75, 3.05) is 7.11 Å². The molecule has 0 radical (unpaired) electrons. The van der Waals surface area contributed by atoms with Gasteiger partial charge in [-0.15, -0.1) is 0 Å². The quantitative estimate of drug-likeness (QED) is 0.711. The molecular formula is C7H7F2NO2S. The molecule has 0 fully saturated rings. The Balaban J connectivity index is 2.90. The number of nitrogens with zero attached hydrogens (tertiary/aromatic N) is 1. The van der Waals surface area contributed by atoms with Crippen LogP contribution in [0.15, 0.2) is 6.20 Å². The van der Waals surface area contributed by atoms with Crippen LogP contribution in [0.5, 0.6) is 5.19 Å². The number of Topliss-reactive ketones (excluding diaryl/α,β-unsaturated/α-hetero) is 1. The number of rotatable bonds is 3. The first-order valence-electron chi connectivity index (χ1n) is 3.37. The number of methoxy groups -OCH3 is 1. The van der Waals surface area contributed by atoms with Crippen LogP contribution in [-0.2, 0) is 0 Å². The summed E-state index contributed by atoms with van der Waals surface area (Å²) in [6.07, 6.45) is 1.09. The lowest BCUT2D eigenvalue weighted by molar-refractivity contribution is 0.0226. The summed E-state index contributed by atoms with van der Waals surface area (Å²) < 4.78 is 29.7. The number of thiazole rings is 1. The Morgan fingerprint density at radius 2 is 2.31 bits per heavy atom. The van der Waals surface area contributed by atoms with E-state index in [9.17, 15) is 13.6 Å². The van der Waals surface area contributed by atoms with Gasteiger partial charge in [-0.3, -0.25) is 4.79 Å². The van der Waals surface area contributed by atoms with Crippen LogP contribution in [0.2, 0.25) is 0 Å². The van der Waals surface area contributed by atoms with Crippen LogP contribution in [-0.4, -0.2) is 23.8 Å². The molecule has 13 heavy (non-hydrogen) atoms.